The second-order valence-corrected chi connectivity index (χ2v) is 6.36. The number of aliphatic hydroxyl groups is 1. The average molecular weight is 273 g/mol. The molecule has 1 heterocycles. The van der Waals surface area contributed by atoms with Crippen LogP contribution in [0.4, 0.5) is 0 Å². The van der Waals surface area contributed by atoms with E-state index in [4.69, 9.17) is 11.6 Å². The Hall–Kier alpha value is -0.320. The van der Waals surface area contributed by atoms with Crippen molar-refractivity contribution in [1.82, 2.24) is 9.97 Å². The van der Waals surface area contributed by atoms with E-state index in [1.807, 2.05) is 13.8 Å². The normalized spacial score (nSPS) is 19.1. The van der Waals surface area contributed by atoms with Gasteiger partial charge in [-0.2, -0.15) is 0 Å². The second kappa shape index (κ2) is 5.12. The number of hydrogen-bond acceptors (Lipinski definition) is 4. The molecule has 0 aliphatic heterocycles. The minimum absolute atomic E-state index is 0.103. The highest BCUT2D eigenvalue weighted by atomic mass is 35.5. The van der Waals surface area contributed by atoms with Crippen molar-refractivity contribution < 1.29 is 5.11 Å². The fourth-order valence-corrected chi connectivity index (χ4v) is 2.60. The molecule has 0 spiro atoms. The van der Waals surface area contributed by atoms with Gasteiger partial charge in [0.25, 0.3) is 0 Å². The van der Waals surface area contributed by atoms with Crippen LogP contribution in [0.5, 0.6) is 0 Å². The number of nitrogens with zero attached hydrogens (tertiary/aromatic N) is 2. The molecule has 3 nitrogen and oxygen atoms in total. The summed E-state index contributed by atoms with van der Waals surface area (Å²) in [7, 11) is 0. The lowest BCUT2D eigenvalue weighted by atomic mass is 10.3. The van der Waals surface area contributed by atoms with Crippen molar-refractivity contribution in [3.63, 3.8) is 0 Å². The Morgan fingerprint density at radius 3 is 2.53 bits per heavy atom. The highest BCUT2D eigenvalue weighted by Gasteiger charge is 2.28. The van der Waals surface area contributed by atoms with Crippen molar-refractivity contribution in [2.45, 2.75) is 55.9 Å². The summed E-state index contributed by atoms with van der Waals surface area (Å²) in [5, 5.41) is 11.1. The molecule has 94 valence electrons. The van der Waals surface area contributed by atoms with Crippen molar-refractivity contribution in [2.75, 3.05) is 0 Å². The van der Waals surface area contributed by atoms with Gasteiger partial charge in [-0.25, -0.2) is 9.97 Å². The molecule has 1 saturated carbocycles. The summed E-state index contributed by atoms with van der Waals surface area (Å²) >= 11 is 7.69. The van der Waals surface area contributed by atoms with E-state index in [9.17, 15) is 5.11 Å². The van der Waals surface area contributed by atoms with Crippen molar-refractivity contribution in [3.05, 3.63) is 16.5 Å². The number of hydrogen-bond donors (Lipinski definition) is 1. The first-order chi connectivity index (χ1) is 7.99. The van der Waals surface area contributed by atoms with Crippen LogP contribution in [0.1, 0.15) is 44.0 Å². The van der Waals surface area contributed by atoms with E-state index in [2.05, 4.69) is 9.97 Å². The number of thioether (sulfide) groups is 1. The van der Waals surface area contributed by atoms with Crippen molar-refractivity contribution >= 4 is 23.4 Å². The zero-order valence-corrected chi connectivity index (χ0v) is 11.8. The number of rotatable bonds is 4. The lowest BCUT2D eigenvalue weighted by Gasteiger charge is -2.15. The zero-order chi connectivity index (χ0) is 12.6. The molecule has 5 heteroatoms. The van der Waals surface area contributed by atoms with Crippen LogP contribution in [0, 0.1) is 6.92 Å². The SMILES string of the molecule is Cc1c(Cl)nc(C2CC2)nc1SC(C)C(C)O. The molecule has 1 aromatic rings. The molecule has 1 fully saturated rings. The summed E-state index contributed by atoms with van der Waals surface area (Å²) in [6, 6.07) is 0. The smallest absolute Gasteiger partial charge is 0.136 e. The van der Waals surface area contributed by atoms with Crippen LogP contribution in [0.3, 0.4) is 0 Å². The lowest BCUT2D eigenvalue weighted by Crippen LogP contribution is -2.15. The molecule has 1 N–H and O–H groups in total. The molecule has 1 aromatic heterocycles. The Balaban J connectivity index is 2.25. The second-order valence-electron chi connectivity index (χ2n) is 4.64. The fourth-order valence-electron chi connectivity index (χ4n) is 1.40. The van der Waals surface area contributed by atoms with Gasteiger partial charge in [0.1, 0.15) is 16.0 Å². The van der Waals surface area contributed by atoms with Gasteiger partial charge >= 0.3 is 0 Å². The van der Waals surface area contributed by atoms with Crippen LogP contribution in [0.15, 0.2) is 5.03 Å². The highest BCUT2D eigenvalue weighted by Crippen LogP contribution is 2.40. The predicted octanol–water partition coefficient (Wildman–Crippen LogP) is 3.18. The first-order valence-corrected chi connectivity index (χ1v) is 7.13. The van der Waals surface area contributed by atoms with Gasteiger partial charge in [-0.1, -0.05) is 18.5 Å². The first kappa shape index (κ1) is 13.1. The van der Waals surface area contributed by atoms with E-state index in [0.29, 0.717) is 11.1 Å². The van der Waals surface area contributed by atoms with Crippen molar-refractivity contribution in [2.24, 2.45) is 0 Å². The summed E-state index contributed by atoms with van der Waals surface area (Å²) in [6.07, 6.45) is 1.96. The van der Waals surface area contributed by atoms with Gasteiger partial charge in [0.05, 0.1) is 6.10 Å². The van der Waals surface area contributed by atoms with Crippen LogP contribution >= 0.6 is 23.4 Å². The predicted molar refractivity (Wildman–Crippen MR) is 70.8 cm³/mol. The topological polar surface area (TPSA) is 46.0 Å². The maximum absolute atomic E-state index is 9.54. The monoisotopic (exact) mass is 272 g/mol. The Kier molecular flexibility index (Phi) is 3.95. The van der Waals surface area contributed by atoms with Crippen molar-refractivity contribution in [3.8, 4) is 0 Å². The minimum Gasteiger partial charge on any atom is -0.392 e. The molecule has 1 aliphatic carbocycles. The standard InChI is InChI=1S/C12H17ClN2OS/c1-6-10(13)14-11(9-4-5-9)15-12(6)17-8(3)7(2)16/h7-9,16H,4-5H2,1-3H3. The zero-order valence-electron chi connectivity index (χ0n) is 10.3. The van der Waals surface area contributed by atoms with Gasteiger partial charge in [0.15, 0.2) is 0 Å². The van der Waals surface area contributed by atoms with Crippen LogP contribution in [0.2, 0.25) is 5.15 Å². The van der Waals surface area contributed by atoms with E-state index in [0.717, 1.165) is 29.3 Å². The summed E-state index contributed by atoms with van der Waals surface area (Å²) in [6.45, 7) is 5.70. The molecule has 0 aromatic carbocycles. The van der Waals surface area contributed by atoms with Gasteiger partial charge in [-0.05, 0) is 26.7 Å². The van der Waals surface area contributed by atoms with E-state index >= 15 is 0 Å². The summed E-state index contributed by atoms with van der Waals surface area (Å²) in [5.74, 6) is 1.36. The molecule has 2 rings (SSSR count). The maximum atomic E-state index is 9.54. The van der Waals surface area contributed by atoms with E-state index in [1.54, 1.807) is 18.7 Å². The summed E-state index contributed by atoms with van der Waals surface area (Å²) < 4.78 is 0. The lowest BCUT2D eigenvalue weighted by molar-refractivity contribution is 0.196. The molecule has 2 atom stereocenters. The van der Waals surface area contributed by atoms with Gasteiger partial charge in [0.2, 0.25) is 0 Å². The molecule has 17 heavy (non-hydrogen) atoms. The van der Waals surface area contributed by atoms with Gasteiger partial charge in [-0.15, -0.1) is 11.8 Å². The number of halogens is 1. The van der Waals surface area contributed by atoms with E-state index in [1.165, 1.54) is 0 Å². The number of aliphatic hydroxyl groups excluding tert-OH is 1. The van der Waals surface area contributed by atoms with E-state index < -0.39 is 0 Å². The molecule has 1 aliphatic rings. The molecular weight excluding hydrogens is 256 g/mol. The average Bonchev–Trinajstić information content (AvgIpc) is 3.07. The molecule has 2 unspecified atom stereocenters. The Labute approximate surface area is 111 Å². The van der Waals surface area contributed by atoms with Crippen LogP contribution in [-0.2, 0) is 0 Å². The summed E-state index contributed by atoms with van der Waals surface area (Å²) in [5.41, 5.74) is 0.911. The highest BCUT2D eigenvalue weighted by molar-refractivity contribution is 7.99. The van der Waals surface area contributed by atoms with E-state index in [-0.39, 0.29) is 11.4 Å². The van der Waals surface area contributed by atoms with Crippen LogP contribution in [-0.4, -0.2) is 26.4 Å². The third-order valence-electron chi connectivity index (χ3n) is 2.98. The third kappa shape index (κ3) is 3.12. The molecular formula is C12H17ClN2OS. The minimum atomic E-state index is -0.363. The number of aromatic nitrogens is 2. The van der Waals surface area contributed by atoms with Crippen LogP contribution in [0.25, 0.3) is 0 Å². The molecule has 0 bridgehead atoms. The quantitative estimate of drug-likeness (QED) is 0.675. The Bertz CT molecular complexity index is 421. The molecule has 0 saturated heterocycles. The third-order valence-corrected chi connectivity index (χ3v) is 4.73. The molecule has 0 amide bonds. The largest absolute Gasteiger partial charge is 0.392 e. The Morgan fingerprint density at radius 2 is 2.00 bits per heavy atom. The fraction of sp³-hybridized carbons (Fsp3) is 0.667. The van der Waals surface area contributed by atoms with Crippen molar-refractivity contribution in [1.29, 1.82) is 0 Å². The first-order valence-electron chi connectivity index (χ1n) is 5.87. The molecule has 0 radical (unpaired) electrons. The van der Waals surface area contributed by atoms with Gasteiger partial charge in [0, 0.05) is 16.7 Å². The summed E-state index contributed by atoms with van der Waals surface area (Å²) in [4.78, 5) is 8.90. The van der Waals surface area contributed by atoms with Crippen LogP contribution < -0.4 is 0 Å². The Morgan fingerprint density at radius 1 is 1.35 bits per heavy atom. The van der Waals surface area contributed by atoms with Gasteiger partial charge in [-0.3, -0.25) is 0 Å². The van der Waals surface area contributed by atoms with Gasteiger partial charge < -0.3 is 5.11 Å². The maximum Gasteiger partial charge on any atom is 0.136 e.